The molecule has 0 saturated carbocycles. The van der Waals surface area contributed by atoms with Crippen molar-refractivity contribution >= 4 is 17.3 Å². The zero-order valence-corrected chi connectivity index (χ0v) is 8.54. The molecule has 1 fully saturated rings. The summed E-state index contributed by atoms with van der Waals surface area (Å²) in [5, 5.41) is 9.91. The molecule has 3 N–H and O–H groups in total. The van der Waals surface area contributed by atoms with Gasteiger partial charge in [-0.05, 0) is 12.1 Å². The van der Waals surface area contributed by atoms with Crippen molar-refractivity contribution in [2.45, 2.75) is 12.6 Å². The van der Waals surface area contributed by atoms with Crippen molar-refractivity contribution in [2.24, 2.45) is 5.73 Å². The van der Waals surface area contributed by atoms with Crippen molar-refractivity contribution in [3.63, 3.8) is 0 Å². The molecule has 0 bridgehead atoms. The minimum Gasteiger partial charge on any atom is -0.389 e. The Bertz CT molecular complexity index is 337. The Morgan fingerprint density at radius 2 is 2.21 bits per heavy atom. The number of benzene rings is 1. The SMILES string of the molecule is NCc1c(Cl)cccc1N1CC(O)C1. The fourth-order valence-corrected chi connectivity index (χ4v) is 1.94. The van der Waals surface area contributed by atoms with Crippen LogP contribution in [0.4, 0.5) is 5.69 Å². The van der Waals surface area contributed by atoms with Crippen molar-refractivity contribution in [3.8, 4) is 0 Å². The molecule has 0 spiro atoms. The number of aliphatic hydroxyl groups excluding tert-OH is 1. The summed E-state index contributed by atoms with van der Waals surface area (Å²) in [7, 11) is 0. The number of hydrogen-bond acceptors (Lipinski definition) is 3. The molecule has 1 aromatic rings. The third kappa shape index (κ3) is 1.59. The zero-order valence-electron chi connectivity index (χ0n) is 7.78. The predicted molar refractivity (Wildman–Crippen MR) is 57.6 cm³/mol. The van der Waals surface area contributed by atoms with Crippen molar-refractivity contribution in [1.29, 1.82) is 0 Å². The number of hydrogen-bond donors (Lipinski definition) is 2. The van der Waals surface area contributed by atoms with Gasteiger partial charge in [0.1, 0.15) is 0 Å². The minimum atomic E-state index is -0.209. The van der Waals surface area contributed by atoms with Crippen molar-refractivity contribution in [1.82, 2.24) is 0 Å². The maximum atomic E-state index is 9.21. The van der Waals surface area contributed by atoms with Crippen LogP contribution in [0, 0.1) is 0 Å². The highest BCUT2D eigenvalue weighted by Gasteiger charge is 2.26. The van der Waals surface area contributed by atoms with E-state index in [0.29, 0.717) is 24.7 Å². The summed E-state index contributed by atoms with van der Waals surface area (Å²) < 4.78 is 0. The maximum Gasteiger partial charge on any atom is 0.0889 e. The number of halogens is 1. The quantitative estimate of drug-likeness (QED) is 0.769. The minimum absolute atomic E-state index is 0.209. The van der Waals surface area contributed by atoms with E-state index in [4.69, 9.17) is 17.3 Å². The molecule has 1 aromatic carbocycles. The molecule has 1 saturated heterocycles. The summed E-state index contributed by atoms with van der Waals surface area (Å²) in [6, 6.07) is 5.73. The maximum absolute atomic E-state index is 9.21. The van der Waals surface area contributed by atoms with Gasteiger partial charge in [-0.3, -0.25) is 0 Å². The Kier molecular flexibility index (Phi) is 2.63. The third-order valence-corrected chi connectivity index (χ3v) is 2.86. The highest BCUT2D eigenvalue weighted by Crippen LogP contribution is 2.29. The van der Waals surface area contributed by atoms with E-state index >= 15 is 0 Å². The molecule has 4 heteroatoms. The van der Waals surface area contributed by atoms with Gasteiger partial charge in [0.05, 0.1) is 6.10 Å². The monoisotopic (exact) mass is 212 g/mol. The molecule has 0 aromatic heterocycles. The van der Waals surface area contributed by atoms with Crippen LogP contribution in [0.3, 0.4) is 0 Å². The van der Waals surface area contributed by atoms with Crippen LogP contribution < -0.4 is 10.6 Å². The first-order valence-corrected chi connectivity index (χ1v) is 5.00. The van der Waals surface area contributed by atoms with E-state index in [-0.39, 0.29) is 6.10 Å². The zero-order chi connectivity index (χ0) is 10.1. The van der Waals surface area contributed by atoms with Gasteiger partial charge in [0.25, 0.3) is 0 Å². The molecule has 3 nitrogen and oxygen atoms in total. The first-order valence-electron chi connectivity index (χ1n) is 4.63. The molecule has 14 heavy (non-hydrogen) atoms. The molecule has 2 rings (SSSR count). The van der Waals surface area contributed by atoms with E-state index in [2.05, 4.69) is 4.90 Å². The topological polar surface area (TPSA) is 49.5 Å². The van der Waals surface area contributed by atoms with E-state index < -0.39 is 0 Å². The standard InChI is InChI=1S/C10H13ClN2O/c11-9-2-1-3-10(8(9)4-12)13-5-7(14)6-13/h1-3,7,14H,4-6,12H2. The van der Waals surface area contributed by atoms with E-state index in [0.717, 1.165) is 11.3 Å². The second-order valence-electron chi connectivity index (χ2n) is 3.50. The van der Waals surface area contributed by atoms with Crippen LogP contribution >= 0.6 is 11.6 Å². The van der Waals surface area contributed by atoms with Gasteiger partial charge in [-0.1, -0.05) is 17.7 Å². The van der Waals surface area contributed by atoms with Crippen LogP contribution in [-0.2, 0) is 6.54 Å². The van der Waals surface area contributed by atoms with Gasteiger partial charge in [0.15, 0.2) is 0 Å². The van der Waals surface area contributed by atoms with Crippen molar-refractivity contribution in [3.05, 3.63) is 28.8 Å². The van der Waals surface area contributed by atoms with E-state index in [1.165, 1.54) is 0 Å². The summed E-state index contributed by atoms with van der Waals surface area (Å²) >= 11 is 6.02. The number of rotatable bonds is 2. The number of nitrogens with two attached hydrogens (primary N) is 1. The van der Waals surface area contributed by atoms with Crippen LogP contribution in [0.5, 0.6) is 0 Å². The van der Waals surface area contributed by atoms with Crippen LogP contribution in [0.15, 0.2) is 18.2 Å². The largest absolute Gasteiger partial charge is 0.389 e. The fraction of sp³-hybridized carbons (Fsp3) is 0.400. The molecule has 1 heterocycles. The van der Waals surface area contributed by atoms with Gasteiger partial charge in [0, 0.05) is 35.9 Å². The summed E-state index contributed by atoms with van der Waals surface area (Å²) in [4.78, 5) is 2.08. The van der Waals surface area contributed by atoms with Gasteiger partial charge >= 0.3 is 0 Å². The molecular formula is C10H13ClN2O. The summed E-state index contributed by atoms with van der Waals surface area (Å²) in [5.41, 5.74) is 7.63. The summed E-state index contributed by atoms with van der Waals surface area (Å²) in [6.07, 6.45) is -0.209. The Balaban J connectivity index is 2.28. The van der Waals surface area contributed by atoms with E-state index in [1.54, 1.807) is 0 Å². The Labute approximate surface area is 88.1 Å². The number of aliphatic hydroxyl groups is 1. The molecular weight excluding hydrogens is 200 g/mol. The molecule has 1 aliphatic rings. The van der Waals surface area contributed by atoms with Crippen LogP contribution in [0.1, 0.15) is 5.56 Å². The number of β-amino-alcohol motifs (C(OH)–C–C–N with tert-alkyl or cyclic N) is 1. The van der Waals surface area contributed by atoms with Gasteiger partial charge < -0.3 is 15.7 Å². The van der Waals surface area contributed by atoms with Gasteiger partial charge in [-0.15, -0.1) is 0 Å². The molecule has 1 aliphatic heterocycles. The summed E-state index contributed by atoms with van der Waals surface area (Å²) in [5.74, 6) is 0. The molecule has 0 atom stereocenters. The Morgan fingerprint density at radius 1 is 1.50 bits per heavy atom. The van der Waals surface area contributed by atoms with Crippen molar-refractivity contribution in [2.75, 3.05) is 18.0 Å². The lowest BCUT2D eigenvalue weighted by molar-refractivity contribution is 0.142. The summed E-state index contributed by atoms with van der Waals surface area (Å²) in [6.45, 7) is 1.78. The van der Waals surface area contributed by atoms with Gasteiger partial charge in [-0.2, -0.15) is 0 Å². The van der Waals surface area contributed by atoms with E-state index in [9.17, 15) is 5.11 Å². The predicted octanol–water partition coefficient (Wildman–Crippen LogP) is 0.980. The lowest BCUT2D eigenvalue weighted by Gasteiger charge is -2.39. The fourth-order valence-electron chi connectivity index (χ4n) is 1.70. The Hall–Kier alpha value is -0.770. The number of anilines is 1. The van der Waals surface area contributed by atoms with Crippen LogP contribution in [0.25, 0.3) is 0 Å². The Morgan fingerprint density at radius 3 is 2.79 bits per heavy atom. The molecule has 0 unspecified atom stereocenters. The molecule has 76 valence electrons. The smallest absolute Gasteiger partial charge is 0.0889 e. The van der Waals surface area contributed by atoms with Gasteiger partial charge in [0.2, 0.25) is 0 Å². The lowest BCUT2D eigenvalue weighted by atomic mass is 10.1. The lowest BCUT2D eigenvalue weighted by Crippen LogP contribution is -2.51. The van der Waals surface area contributed by atoms with E-state index in [1.807, 2.05) is 18.2 Å². The van der Waals surface area contributed by atoms with Crippen molar-refractivity contribution < 1.29 is 5.11 Å². The average Bonchev–Trinajstić information content (AvgIpc) is 2.13. The first-order chi connectivity index (χ1) is 6.72. The average molecular weight is 213 g/mol. The van der Waals surface area contributed by atoms with Crippen LogP contribution in [0.2, 0.25) is 5.02 Å². The third-order valence-electron chi connectivity index (χ3n) is 2.50. The first kappa shape index (κ1) is 9.77. The van der Waals surface area contributed by atoms with Gasteiger partial charge in [-0.25, -0.2) is 0 Å². The second-order valence-corrected chi connectivity index (χ2v) is 3.91. The highest BCUT2D eigenvalue weighted by atomic mass is 35.5. The second kappa shape index (κ2) is 3.77. The highest BCUT2D eigenvalue weighted by molar-refractivity contribution is 6.31. The molecule has 0 amide bonds. The number of nitrogens with zero attached hydrogens (tertiary/aromatic N) is 1. The normalized spacial score (nSPS) is 16.9. The molecule has 0 aliphatic carbocycles. The van der Waals surface area contributed by atoms with Crippen LogP contribution in [-0.4, -0.2) is 24.3 Å². The molecule has 0 radical (unpaired) electrons.